The predicted octanol–water partition coefficient (Wildman–Crippen LogP) is 3.91. The highest BCUT2D eigenvalue weighted by molar-refractivity contribution is 7.07. The molecule has 0 aliphatic heterocycles. The monoisotopic (exact) mass is 352 g/mol. The van der Waals surface area contributed by atoms with Crippen LogP contribution in [0.2, 0.25) is 0 Å². The Bertz CT molecular complexity index is 1000. The molecule has 1 aromatic heterocycles. The number of hydrogen-bond acceptors (Lipinski definition) is 5. The fourth-order valence-electron chi connectivity index (χ4n) is 2.35. The summed E-state index contributed by atoms with van der Waals surface area (Å²) in [6, 6.07) is 14.4. The SMILES string of the molecule is Cc1ccccc1C=NN=c1scc(-c2ccc([N+](=O)[O-])cc2)n1C. The molecule has 0 spiro atoms. The van der Waals surface area contributed by atoms with Gasteiger partial charge in [0.2, 0.25) is 4.80 Å². The number of nitrogens with zero attached hydrogens (tertiary/aromatic N) is 4. The Kier molecular flexibility index (Phi) is 4.85. The Hall–Kier alpha value is -3.06. The normalized spacial score (nSPS) is 12.0. The molecule has 0 amide bonds. The second-order valence-electron chi connectivity index (χ2n) is 5.47. The second kappa shape index (κ2) is 7.23. The van der Waals surface area contributed by atoms with Gasteiger partial charge in [0.15, 0.2) is 0 Å². The van der Waals surface area contributed by atoms with E-state index in [2.05, 4.69) is 10.2 Å². The van der Waals surface area contributed by atoms with E-state index in [1.165, 1.54) is 23.5 Å². The van der Waals surface area contributed by atoms with Crippen LogP contribution >= 0.6 is 11.3 Å². The Morgan fingerprint density at radius 2 is 1.88 bits per heavy atom. The van der Waals surface area contributed by atoms with Crippen LogP contribution in [0.1, 0.15) is 11.1 Å². The average Bonchev–Trinajstić information content (AvgIpc) is 2.97. The van der Waals surface area contributed by atoms with Crippen LogP contribution in [0.25, 0.3) is 11.3 Å². The molecule has 0 unspecified atom stereocenters. The maximum atomic E-state index is 10.8. The summed E-state index contributed by atoms with van der Waals surface area (Å²) in [7, 11) is 1.90. The van der Waals surface area contributed by atoms with E-state index in [0.717, 1.165) is 27.2 Å². The van der Waals surface area contributed by atoms with Crippen LogP contribution in [0, 0.1) is 17.0 Å². The van der Waals surface area contributed by atoms with Crippen molar-refractivity contribution in [2.24, 2.45) is 17.3 Å². The molecule has 0 bridgehead atoms. The number of non-ortho nitro benzene ring substituents is 1. The van der Waals surface area contributed by atoms with Gasteiger partial charge in [-0.15, -0.1) is 16.4 Å². The van der Waals surface area contributed by atoms with Gasteiger partial charge in [0.25, 0.3) is 5.69 Å². The summed E-state index contributed by atoms with van der Waals surface area (Å²) in [5.74, 6) is 0. The van der Waals surface area contributed by atoms with Crippen molar-refractivity contribution in [3.63, 3.8) is 0 Å². The van der Waals surface area contributed by atoms with Crippen molar-refractivity contribution in [3.05, 3.63) is 80.0 Å². The van der Waals surface area contributed by atoms with Crippen LogP contribution in [0.5, 0.6) is 0 Å². The first kappa shape index (κ1) is 16.8. The molecule has 1 heterocycles. The van der Waals surface area contributed by atoms with Gasteiger partial charge in [-0.05, 0) is 35.7 Å². The molecule has 0 atom stereocenters. The Morgan fingerprint density at radius 1 is 1.16 bits per heavy atom. The first-order valence-corrected chi connectivity index (χ1v) is 8.46. The summed E-state index contributed by atoms with van der Waals surface area (Å²) in [5.41, 5.74) is 4.08. The molecular weight excluding hydrogens is 336 g/mol. The van der Waals surface area contributed by atoms with Crippen molar-refractivity contribution >= 4 is 23.2 Å². The summed E-state index contributed by atoms with van der Waals surface area (Å²) in [4.78, 5) is 11.1. The molecule has 0 saturated heterocycles. The Morgan fingerprint density at radius 3 is 2.56 bits per heavy atom. The number of thiazole rings is 1. The molecule has 126 valence electrons. The average molecular weight is 352 g/mol. The molecule has 6 nitrogen and oxygen atoms in total. The standard InChI is InChI=1S/C18H16N4O2S/c1-13-5-3-4-6-15(13)11-19-20-18-21(2)17(12-25-18)14-7-9-16(10-8-14)22(23)24/h3-12H,1-2H3. The number of rotatable bonds is 4. The van der Waals surface area contributed by atoms with Gasteiger partial charge in [-0.1, -0.05) is 24.3 Å². The first-order chi connectivity index (χ1) is 12.1. The lowest BCUT2D eigenvalue weighted by Crippen LogP contribution is -2.10. The zero-order valence-electron chi connectivity index (χ0n) is 13.8. The van der Waals surface area contributed by atoms with E-state index in [9.17, 15) is 10.1 Å². The molecular formula is C18H16N4O2S. The quantitative estimate of drug-likeness (QED) is 0.406. The number of hydrogen-bond donors (Lipinski definition) is 0. The Balaban J connectivity index is 1.88. The summed E-state index contributed by atoms with van der Waals surface area (Å²) < 4.78 is 1.92. The van der Waals surface area contributed by atoms with Gasteiger partial charge in [0.1, 0.15) is 0 Å². The maximum Gasteiger partial charge on any atom is 0.269 e. The van der Waals surface area contributed by atoms with E-state index in [4.69, 9.17) is 0 Å². The van der Waals surface area contributed by atoms with E-state index in [-0.39, 0.29) is 5.69 Å². The second-order valence-corrected chi connectivity index (χ2v) is 6.30. The number of nitro groups is 1. The third-order valence-corrected chi connectivity index (χ3v) is 4.73. The van der Waals surface area contributed by atoms with Crippen LogP contribution in [-0.2, 0) is 7.05 Å². The van der Waals surface area contributed by atoms with Crippen LogP contribution in [0.4, 0.5) is 5.69 Å². The topological polar surface area (TPSA) is 72.8 Å². The lowest BCUT2D eigenvalue weighted by atomic mass is 10.1. The van der Waals surface area contributed by atoms with Crippen LogP contribution in [0.15, 0.2) is 64.1 Å². The third kappa shape index (κ3) is 3.72. The fraction of sp³-hybridized carbons (Fsp3) is 0.111. The molecule has 25 heavy (non-hydrogen) atoms. The minimum Gasteiger partial charge on any atom is -0.318 e. The van der Waals surface area contributed by atoms with Gasteiger partial charge < -0.3 is 4.57 Å². The maximum absolute atomic E-state index is 10.8. The largest absolute Gasteiger partial charge is 0.318 e. The molecule has 2 aromatic carbocycles. The molecule has 0 radical (unpaired) electrons. The number of aryl methyl sites for hydroxylation is 1. The van der Waals surface area contributed by atoms with Gasteiger partial charge in [0.05, 0.1) is 16.8 Å². The van der Waals surface area contributed by atoms with Crippen molar-refractivity contribution in [3.8, 4) is 11.3 Å². The number of nitro benzene ring substituents is 1. The van der Waals surface area contributed by atoms with E-state index in [1.54, 1.807) is 18.3 Å². The summed E-state index contributed by atoms with van der Waals surface area (Å²) in [5, 5.41) is 21.2. The highest BCUT2D eigenvalue weighted by atomic mass is 32.1. The van der Waals surface area contributed by atoms with Crippen molar-refractivity contribution < 1.29 is 4.92 Å². The van der Waals surface area contributed by atoms with E-state index >= 15 is 0 Å². The Labute approximate surface area is 148 Å². The zero-order chi connectivity index (χ0) is 17.8. The fourth-order valence-corrected chi connectivity index (χ4v) is 3.21. The summed E-state index contributed by atoms with van der Waals surface area (Å²) in [6.45, 7) is 2.03. The van der Waals surface area contributed by atoms with Crippen molar-refractivity contribution in [1.82, 2.24) is 4.57 Å². The van der Waals surface area contributed by atoms with E-state index < -0.39 is 4.92 Å². The highest BCUT2D eigenvalue weighted by Gasteiger charge is 2.08. The highest BCUT2D eigenvalue weighted by Crippen LogP contribution is 2.22. The zero-order valence-corrected chi connectivity index (χ0v) is 14.6. The first-order valence-electron chi connectivity index (χ1n) is 7.58. The van der Waals surface area contributed by atoms with Gasteiger partial charge in [0, 0.05) is 24.6 Å². The molecule has 7 heteroatoms. The number of benzene rings is 2. The van der Waals surface area contributed by atoms with E-state index in [1.807, 2.05) is 48.2 Å². The molecule has 0 fully saturated rings. The van der Waals surface area contributed by atoms with Crippen molar-refractivity contribution in [1.29, 1.82) is 0 Å². The van der Waals surface area contributed by atoms with E-state index in [0.29, 0.717) is 0 Å². The molecule has 3 rings (SSSR count). The molecule has 0 saturated carbocycles. The van der Waals surface area contributed by atoms with Gasteiger partial charge in [-0.3, -0.25) is 10.1 Å². The minimum absolute atomic E-state index is 0.0781. The van der Waals surface area contributed by atoms with Crippen molar-refractivity contribution in [2.45, 2.75) is 6.92 Å². The minimum atomic E-state index is -0.404. The van der Waals surface area contributed by atoms with Gasteiger partial charge in [-0.25, -0.2) is 0 Å². The molecule has 0 N–H and O–H groups in total. The van der Waals surface area contributed by atoms with Crippen molar-refractivity contribution in [2.75, 3.05) is 0 Å². The van der Waals surface area contributed by atoms with Crippen LogP contribution in [-0.4, -0.2) is 15.7 Å². The number of aromatic nitrogens is 1. The van der Waals surface area contributed by atoms with Crippen LogP contribution < -0.4 is 4.80 Å². The lowest BCUT2D eigenvalue weighted by molar-refractivity contribution is -0.384. The lowest BCUT2D eigenvalue weighted by Gasteiger charge is -2.02. The van der Waals surface area contributed by atoms with Crippen LogP contribution in [0.3, 0.4) is 0 Å². The summed E-state index contributed by atoms with van der Waals surface area (Å²) in [6.07, 6.45) is 1.74. The molecule has 3 aromatic rings. The van der Waals surface area contributed by atoms with Gasteiger partial charge >= 0.3 is 0 Å². The smallest absolute Gasteiger partial charge is 0.269 e. The third-order valence-electron chi connectivity index (χ3n) is 3.83. The predicted molar refractivity (Wildman–Crippen MR) is 99.7 cm³/mol. The van der Waals surface area contributed by atoms with Gasteiger partial charge in [-0.2, -0.15) is 5.10 Å². The molecule has 0 aliphatic rings. The summed E-state index contributed by atoms with van der Waals surface area (Å²) >= 11 is 1.47. The molecule has 0 aliphatic carbocycles.